The van der Waals surface area contributed by atoms with Gasteiger partial charge in [0, 0.05) is 6.54 Å². The normalized spacial score (nSPS) is 9.00. The van der Waals surface area contributed by atoms with Crippen molar-refractivity contribution in [3.63, 3.8) is 0 Å². The number of nitrogens with zero attached hydrogens (tertiary/aromatic N) is 1. The highest BCUT2D eigenvalue weighted by atomic mass is 14.8. The standard InChI is InChI=1S/C6H10N2/c1-2-3-4-5-8-6-7/h3-4,8H,2,5H2,1H3. The van der Waals surface area contributed by atoms with Crippen molar-refractivity contribution < 1.29 is 0 Å². The molecule has 0 spiro atoms. The molecule has 0 radical (unpaired) electrons. The highest BCUT2D eigenvalue weighted by molar-refractivity contribution is 4.84. The molecule has 2 heteroatoms. The fourth-order valence-corrected chi connectivity index (χ4v) is 0.355. The van der Waals surface area contributed by atoms with Crippen LogP contribution in [0.5, 0.6) is 0 Å². The van der Waals surface area contributed by atoms with E-state index in [-0.39, 0.29) is 0 Å². The predicted molar refractivity (Wildman–Crippen MR) is 33.0 cm³/mol. The molecule has 0 bridgehead atoms. The summed E-state index contributed by atoms with van der Waals surface area (Å²) in [5, 5.41) is 10.5. The Labute approximate surface area is 49.8 Å². The van der Waals surface area contributed by atoms with Gasteiger partial charge in [-0.05, 0) is 6.42 Å². The molecule has 44 valence electrons. The van der Waals surface area contributed by atoms with Gasteiger partial charge in [0.25, 0.3) is 0 Å². The summed E-state index contributed by atoms with van der Waals surface area (Å²) in [5.74, 6) is 0. The van der Waals surface area contributed by atoms with Crippen molar-refractivity contribution in [1.82, 2.24) is 5.32 Å². The van der Waals surface area contributed by atoms with Gasteiger partial charge in [-0.1, -0.05) is 19.1 Å². The number of rotatable bonds is 3. The summed E-state index contributed by atoms with van der Waals surface area (Å²) in [4.78, 5) is 0. The molecule has 0 amide bonds. The highest BCUT2D eigenvalue weighted by Crippen LogP contribution is 1.75. The van der Waals surface area contributed by atoms with E-state index in [1.807, 2.05) is 18.3 Å². The Morgan fingerprint density at radius 2 is 2.38 bits per heavy atom. The maximum Gasteiger partial charge on any atom is 0.176 e. The predicted octanol–water partition coefficient (Wildman–Crippen LogP) is 1.02. The van der Waals surface area contributed by atoms with E-state index < -0.39 is 0 Å². The van der Waals surface area contributed by atoms with Gasteiger partial charge >= 0.3 is 0 Å². The Bertz CT molecular complexity index is 99.6. The van der Waals surface area contributed by atoms with Crippen LogP contribution in [0, 0.1) is 11.5 Å². The monoisotopic (exact) mass is 110 g/mol. The van der Waals surface area contributed by atoms with Crippen LogP contribution in [0.4, 0.5) is 0 Å². The molecular formula is C6H10N2. The van der Waals surface area contributed by atoms with E-state index >= 15 is 0 Å². The number of allylic oxidation sites excluding steroid dienone is 1. The molecule has 0 saturated carbocycles. The number of nitriles is 1. The number of nitrogens with one attached hydrogen (secondary N) is 1. The topological polar surface area (TPSA) is 35.8 Å². The van der Waals surface area contributed by atoms with Crippen LogP contribution in [0.2, 0.25) is 0 Å². The lowest BCUT2D eigenvalue weighted by molar-refractivity contribution is 0.993. The van der Waals surface area contributed by atoms with Crippen LogP contribution in [0.15, 0.2) is 12.2 Å². The third-order valence-corrected chi connectivity index (χ3v) is 0.701. The van der Waals surface area contributed by atoms with E-state index in [1.165, 1.54) is 0 Å². The van der Waals surface area contributed by atoms with Gasteiger partial charge in [0.05, 0.1) is 0 Å². The molecule has 0 aromatic heterocycles. The lowest BCUT2D eigenvalue weighted by Crippen LogP contribution is -2.02. The fraction of sp³-hybridized carbons (Fsp3) is 0.500. The van der Waals surface area contributed by atoms with Crippen LogP contribution in [-0.2, 0) is 0 Å². The summed E-state index contributed by atoms with van der Waals surface area (Å²) in [7, 11) is 0. The Morgan fingerprint density at radius 3 is 2.88 bits per heavy atom. The molecule has 8 heavy (non-hydrogen) atoms. The van der Waals surface area contributed by atoms with Crippen molar-refractivity contribution in [2.75, 3.05) is 6.54 Å². The first-order valence-corrected chi connectivity index (χ1v) is 2.68. The van der Waals surface area contributed by atoms with Crippen molar-refractivity contribution in [2.45, 2.75) is 13.3 Å². The Hall–Kier alpha value is -0.970. The van der Waals surface area contributed by atoms with Crippen molar-refractivity contribution in [3.8, 4) is 6.19 Å². The van der Waals surface area contributed by atoms with Crippen molar-refractivity contribution in [2.24, 2.45) is 0 Å². The zero-order valence-electron chi connectivity index (χ0n) is 5.02. The lowest BCUT2D eigenvalue weighted by Gasteiger charge is -1.83. The van der Waals surface area contributed by atoms with Crippen LogP contribution in [0.1, 0.15) is 13.3 Å². The minimum atomic E-state index is 0.657. The van der Waals surface area contributed by atoms with E-state index in [1.54, 1.807) is 0 Å². The zero-order chi connectivity index (χ0) is 6.24. The average molecular weight is 110 g/mol. The Balaban J connectivity index is 2.94. The summed E-state index contributed by atoms with van der Waals surface area (Å²) in [6.45, 7) is 2.72. The lowest BCUT2D eigenvalue weighted by atomic mass is 10.4. The van der Waals surface area contributed by atoms with Crippen molar-refractivity contribution >= 4 is 0 Å². The van der Waals surface area contributed by atoms with Crippen LogP contribution in [0.3, 0.4) is 0 Å². The molecule has 0 saturated heterocycles. The maximum absolute atomic E-state index is 7.97. The van der Waals surface area contributed by atoms with Gasteiger partial charge in [0.15, 0.2) is 6.19 Å². The number of hydrogen-bond donors (Lipinski definition) is 1. The summed E-state index contributed by atoms with van der Waals surface area (Å²) in [6.07, 6.45) is 6.81. The van der Waals surface area contributed by atoms with Crippen molar-refractivity contribution in [1.29, 1.82) is 5.26 Å². The number of hydrogen-bond acceptors (Lipinski definition) is 2. The second-order valence-corrected chi connectivity index (χ2v) is 1.37. The molecule has 0 atom stereocenters. The minimum absolute atomic E-state index is 0.657. The Morgan fingerprint density at radius 1 is 1.62 bits per heavy atom. The third-order valence-electron chi connectivity index (χ3n) is 0.701. The van der Waals surface area contributed by atoms with Gasteiger partial charge in [0.2, 0.25) is 0 Å². The van der Waals surface area contributed by atoms with Gasteiger partial charge in [-0.15, -0.1) is 0 Å². The SMILES string of the molecule is CCC=CCNC#N. The second kappa shape index (κ2) is 6.03. The first-order chi connectivity index (χ1) is 3.91. The van der Waals surface area contributed by atoms with Gasteiger partial charge < -0.3 is 5.32 Å². The molecule has 0 aliphatic carbocycles. The van der Waals surface area contributed by atoms with Crippen LogP contribution in [-0.4, -0.2) is 6.54 Å². The summed E-state index contributed by atoms with van der Waals surface area (Å²) >= 11 is 0. The van der Waals surface area contributed by atoms with Crippen LogP contribution in [0.25, 0.3) is 0 Å². The zero-order valence-corrected chi connectivity index (χ0v) is 5.02. The summed E-state index contributed by atoms with van der Waals surface area (Å²) < 4.78 is 0. The Kier molecular flexibility index (Phi) is 5.30. The van der Waals surface area contributed by atoms with E-state index in [0.29, 0.717) is 6.54 Å². The van der Waals surface area contributed by atoms with Gasteiger partial charge in [-0.2, -0.15) is 5.26 Å². The summed E-state index contributed by atoms with van der Waals surface area (Å²) in [6, 6.07) is 0. The molecule has 0 aliphatic heterocycles. The summed E-state index contributed by atoms with van der Waals surface area (Å²) in [5.41, 5.74) is 0. The first kappa shape index (κ1) is 7.03. The van der Waals surface area contributed by atoms with Crippen LogP contribution >= 0.6 is 0 Å². The molecule has 0 rings (SSSR count). The molecular weight excluding hydrogens is 100 g/mol. The smallest absolute Gasteiger partial charge is 0.176 e. The quantitative estimate of drug-likeness (QED) is 0.255. The maximum atomic E-state index is 7.97. The molecule has 0 aromatic carbocycles. The minimum Gasteiger partial charge on any atom is -0.320 e. The van der Waals surface area contributed by atoms with Crippen molar-refractivity contribution in [3.05, 3.63) is 12.2 Å². The van der Waals surface area contributed by atoms with E-state index in [2.05, 4.69) is 12.2 Å². The largest absolute Gasteiger partial charge is 0.320 e. The average Bonchev–Trinajstić information content (AvgIpc) is 1.81. The molecule has 2 nitrogen and oxygen atoms in total. The molecule has 0 aromatic rings. The molecule has 0 heterocycles. The third kappa shape index (κ3) is 5.03. The molecule has 0 aliphatic rings. The van der Waals surface area contributed by atoms with Gasteiger partial charge in [-0.3, -0.25) is 0 Å². The molecule has 1 N–H and O–H groups in total. The second-order valence-electron chi connectivity index (χ2n) is 1.37. The van der Waals surface area contributed by atoms with E-state index in [0.717, 1.165) is 6.42 Å². The highest BCUT2D eigenvalue weighted by Gasteiger charge is 1.69. The molecule has 0 fully saturated rings. The van der Waals surface area contributed by atoms with Crippen LogP contribution < -0.4 is 5.32 Å². The van der Waals surface area contributed by atoms with Gasteiger partial charge in [0.1, 0.15) is 0 Å². The fourth-order valence-electron chi connectivity index (χ4n) is 0.355. The van der Waals surface area contributed by atoms with Gasteiger partial charge in [-0.25, -0.2) is 0 Å². The van der Waals surface area contributed by atoms with E-state index in [4.69, 9.17) is 5.26 Å². The van der Waals surface area contributed by atoms with E-state index in [9.17, 15) is 0 Å². The molecule has 0 unspecified atom stereocenters. The first-order valence-electron chi connectivity index (χ1n) is 2.68.